The highest BCUT2D eigenvalue weighted by Crippen LogP contribution is 2.22. The highest BCUT2D eigenvalue weighted by atomic mass is 35.5. The SMILES string of the molecule is O=C(NCCCSc1ccc(Cl)cc1)C1CCCN(Cc2nc(-c3ccc(Cl)cc3)no2)C1. The predicted molar refractivity (Wildman–Crippen MR) is 133 cm³/mol. The van der Waals surface area contributed by atoms with Crippen LogP contribution in [0.1, 0.15) is 25.2 Å². The van der Waals surface area contributed by atoms with Crippen LogP contribution in [0.15, 0.2) is 57.9 Å². The van der Waals surface area contributed by atoms with Crippen LogP contribution < -0.4 is 5.32 Å². The fourth-order valence-electron chi connectivity index (χ4n) is 3.79. The maximum absolute atomic E-state index is 12.7. The second-order valence-corrected chi connectivity index (χ2v) is 10.1. The number of benzene rings is 2. The molecule has 2 aromatic carbocycles. The van der Waals surface area contributed by atoms with Crippen LogP contribution in [0.4, 0.5) is 0 Å². The second-order valence-electron chi connectivity index (χ2n) is 8.04. The molecule has 0 aliphatic carbocycles. The van der Waals surface area contributed by atoms with Gasteiger partial charge in [-0.2, -0.15) is 4.98 Å². The van der Waals surface area contributed by atoms with Gasteiger partial charge in [0.05, 0.1) is 12.5 Å². The molecular formula is C24H26Cl2N4O2S. The van der Waals surface area contributed by atoms with E-state index in [1.54, 1.807) is 23.9 Å². The molecule has 3 aromatic rings. The number of halogens is 2. The third-order valence-corrected chi connectivity index (χ3v) is 7.11. The van der Waals surface area contributed by atoms with Gasteiger partial charge in [0.25, 0.3) is 0 Å². The first-order valence-corrected chi connectivity index (χ1v) is 12.8. The molecular weight excluding hydrogens is 479 g/mol. The summed E-state index contributed by atoms with van der Waals surface area (Å²) in [4.78, 5) is 20.6. The number of rotatable bonds is 9. The summed E-state index contributed by atoms with van der Waals surface area (Å²) in [6.45, 7) is 2.84. The molecule has 2 heterocycles. The Kier molecular flexibility index (Phi) is 8.67. The van der Waals surface area contributed by atoms with Crippen molar-refractivity contribution in [1.82, 2.24) is 20.4 Å². The first-order valence-electron chi connectivity index (χ1n) is 11.0. The van der Waals surface area contributed by atoms with Gasteiger partial charge in [0, 0.05) is 33.6 Å². The third-order valence-electron chi connectivity index (χ3n) is 5.51. The maximum atomic E-state index is 12.7. The summed E-state index contributed by atoms with van der Waals surface area (Å²) in [6.07, 6.45) is 2.80. The van der Waals surface area contributed by atoms with E-state index in [4.69, 9.17) is 27.7 Å². The molecule has 0 bridgehead atoms. The van der Waals surface area contributed by atoms with Gasteiger partial charge >= 0.3 is 0 Å². The number of piperidine rings is 1. The molecule has 1 fully saturated rings. The molecule has 0 spiro atoms. The van der Waals surface area contributed by atoms with Gasteiger partial charge < -0.3 is 9.84 Å². The van der Waals surface area contributed by atoms with Crippen LogP contribution in [0.2, 0.25) is 10.0 Å². The van der Waals surface area contributed by atoms with Crippen molar-refractivity contribution >= 4 is 40.9 Å². The molecule has 33 heavy (non-hydrogen) atoms. The van der Waals surface area contributed by atoms with Gasteiger partial charge in [0.1, 0.15) is 0 Å². The minimum atomic E-state index is -0.0127. The minimum absolute atomic E-state index is 0.0127. The summed E-state index contributed by atoms with van der Waals surface area (Å²) < 4.78 is 5.44. The topological polar surface area (TPSA) is 71.3 Å². The fourth-order valence-corrected chi connectivity index (χ4v) is 4.89. The normalized spacial score (nSPS) is 16.6. The molecule has 9 heteroatoms. The second kappa shape index (κ2) is 11.9. The molecule has 1 atom stereocenters. The summed E-state index contributed by atoms with van der Waals surface area (Å²) in [6, 6.07) is 15.2. The van der Waals surface area contributed by atoms with Crippen molar-refractivity contribution in [1.29, 1.82) is 0 Å². The van der Waals surface area contributed by atoms with E-state index >= 15 is 0 Å². The Balaban J connectivity index is 1.19. The van der Waals surface area contributed by atoms with Crippen molar-refractivity contribution in [3.05, 3.63) is 64.5 Å². The number of nitrogens with one attached hydrogen (secondary N) is 1. The molecule has 6 nitrogen and oxygen atoms in total. The van der Waals surface area contributed by atoms with Crippen LogP contribution in [0.3, 0.4) is 0 Å². The average Bonchev–Trinajstić information content (AvgIpc) is 3.29. The zero-order valence-corrected chi connectivity index (χ0v) is 20.5. The monoisotopic (exact) mass is 504 g/mol. The largest absolute Gasteiger partial charge is 0.356 e. The molecule has 1 N–H and O–H groups in total. The summed E-state index contributed by atoms with van der Waals surface area (Å²) in [7, 11) is 0. The molecule has 174 valence electrons. The van der Waals surface area contributed by atoms with Gasteiger partial charge in [0.2, 0.25) is 17.6 Å². The Morgan fingerprint density at radius 1 is 1.12 bits per heavy atom. The van der Waals surface area contributed by atoms with Crippen LogP contribution in [0, 0.1) is 5.92 Å². The van der Waals surface area contributed by atoms with Crippen LogP contribution in [0.5, 0.6) is 0 Å². The molecule has 1 saturated heterocycles. The average molecular weight is 505 g/mol. The maximum Gasteiger partial charge on any atom is 0.241 e. The van der Waals surface area contributed by atoms with Crippen LogP contribution in [0.25, 0.3) is 11.4 Å². The lowest BCUT2D eigenvalue weighted by Crippen LogP contribution is -2.43. The Bertz CT molecular complexity index is 1040. The minimum Gasteiger partial charge on any atom is -0.356 e. The zero-order valence-electron chi connectivity index (χ0n) is 18.2. The number of hydrogen-bond donors (Lipinski definition) is 1. The summed E-state index contributed by atoms with van der Waals surface area (Å²) >= 11 is 13.6. The smallest absolute Gasteiger partial charge is 0.241 e. The van der Waals surface area contributed by atoms with E-state index in [1.807, 2.05) is 36.4 Å². The van der Waals surface area contributed by atoms with Crippen molar-refractivity contribution < 1.29 is 9.32 Å². The van der Waals surface area contributed by atoms with Crippen LogP contribution in [-0.2, 0) is 11.3 Å². The number of aromatic nitrogens is 2. The highest BCUT2D eigenvalue weighted by Gasteiger charge is 2.26. The highest BCUT2D eigenvalue weighted by molar-refractivity contribution is 7.99. The van der Waals surface area contributed by atoms with Gasteiger partial charge in [0.15, 0.2) is 0 Å². The van der Waals surface area contributed by atoms with Gasteiger partial charge in [-0.1, -0.05) is 28.4 Å². The first-order chi connectivity index (χ1) is 16.1. The molecule has 4 rings (SSSR count). The Morgan fingerprint density at radius 3 is 2.61 bits per heavy atom. The predicted octanol–water partition coefficient (Wildman–Crippen LogP) is 5.55. The molecule has 1 aromatic heterocycles. The van der Waals surface area contributed by atoms with E-state index in [2.05, 4.69) is 20.4 Å². The van der Waals surface area contributed by atoms with Crippen LogP contribution >= 0.6 is 35.0 Å². The first kappa shape index (κ1) is 24.1. The van der Waals surface area contributed by atoms with E-state index in [1.165, 1.54) is 4.90 Å². The number of amides is 1. The Labute approximate surface area is 208 Å². The Hall–Kier alpha value is -2.06. The molecule has 1 aliphatic heterocycles. The van der Waals surface area contributed by atoms with E-state index in [0.29, 0.717) is 36.4 Å². The quantitative estimate of drug-likeness (QED) is 0.304. The van der Waals surface area contributed by atoms with Gasteiger partial charge in [-0.3, -0.25) is 9.69 Å². The molecule has 0 radical (unpaired) electrons. The van der Waals surface area contributed by atoms with Crippen molar-refractivity contribution in [3.8, 4) is 11.4 Å². The van der Waals surface area contributed by atoms with E-state index in [-0.39, 0.29) is 11.8 Å². The number of thioether (sulfide) groups is 1. The lowest BCUT2D eigenvalue weighted by molar-refractivity contribution is -0.126. The third kappa shape index (κ3) is 7.21. The molecule has 0 saturated carbocycles. The van der Waals surface area contributed by atoms with Crippen LogP contribution in [-0.4, -0.2) is 46.3 Å². The van der Waals surface area contributed by atoms with Crippen molar-refractivity contribution in [3.63, 3.8) is 0 Å². The number of nitrogens with zero attached hydrogens (tertiary/aromatic N) is 3. The molecule has 1 amide bonds. The summed E-state index contributed by atoms with van der Waals surface area (Å²) in [5, 5.41) is 8.59. The lowest BCUT2D eigenvalue weighted by Gasteiger charge is -2.30. The van der Waals surface area contributed by atoms with E-state index < -0.39 is 0 Å². The number of hydrogen-bond acceptors (Lipinski definition) is 6. The number of carbonyl (C=O) groups excluding carboxylic acids is 1. The van der Waals surface area contributed by atoms with Crippen molar-refractivity contribution in [2.45, 2.75) is 30.7 Å². The van der Waals surface area contributed by atoms with Gasteiger partial charge in [-0.25, -0.2) is 0 Å². The van der Waals surface area contributed by atoms with Gasteiger partial charge in [-0.15, -0.1) is 11.8 Å². The number of likely N-dealkylation sites (tertiary alicyclic amines) is 1. The fraction of sp³-hybridized carbons (Fsp3) is 0.375. The van der Waals surface area contributed by atoms with Crippen molar-refractivity contribution in [2.24, 2.45) is 5.92 Å². The summed E-state index contributed by atoms with van der Waals surface area (Å²) in [5.41, 5.74) is 0.861. The van der Waals surface area contributed by atoms with E-state index in [0.717, 1.165) is 42.1 Å². The Morgan fingerprint density at radius 2 is 1.85 bits per heavy atom. The number of carbonyl (C=O) groups is 1. The standard InChI is InChI=1S/C24H26Cl2N4O2S/c25-19-6-4-17(5-7-19)23-28-22(32-29-23)16-30-13-1-3-18(15-30)24(31)27-12-2-14-33-21-10-8-20(26)9-11-21/h4-11,18H,1-3,12-16H2,(H,27,31). The zero-order chi connectivity index (χ0) is 23.0. The van der Waals surface area contributed by atoms with E-state index in [9.17, 15) is 4.79 Å². The van der Waals surface area contributed by atoms with Crippen molar-refractivity contribution in [2.75, 3.05) is 25.4 Å². The lowest BCUT2D eigenvalue weighted by atomic mass is 9.97. The summed E-state index contributed by atoms with van der Waals surface area (Å²) in [5.74, 6) is 2.17. The molecule has 1 aliphatic rings. The van der Waals surface area contributed by atoms with Gasteiger partial charge in [-0.05, 0) is 80.1 Å². The molecule has 1 unspecified atom stereocenters.